The van der Waals surface area contributed by atoms with Crippen molar-refractivity contribution in [3.63, 3.8) is 0 Å². The van der Waals surface area contributed by atoms with Gasteiger partial charge < -0.3 is 27.0 Å². The topological polar surface area (TPSA) is 183 Å². The molecule has 0 aliphatic rings. The molecular formula is C8H16N4O5. The van der Waals surface area contributed by atoms with Crippen molar-refractivity contribution in [2.24, 2.45) is 17.2 Å². The van der Waals surface area contributed by atoms with Crippen molar-refractivity contribution < 1.29 is 24.2 Å². The highest BCUT2D eigenvalue weighted by atomic mass is 16.5. The summed E-state index contributed by atoms with van der Waals surface area (Å²) in [5.74, 6) is -0.981. The van der Waals surface area contributed by atoms with Crippen LogP contribution in [0.5, 0.6) is 0 Å². The molecule has 0 spiro atoms. The molecule has 0 fully saturated rings. The average Bonchev–Trinajstić information content (AvgIpc) is 2.20. The van der Waals surface area contributed by atoms with E-state index in [0.717, 1.165) is 6.08 Å². The molecule has 0 aliphatic heterocycles. The smallest absolute Gasteiger partial charge is 0.404 e. The zero-order chi connectivity index (χ0) is 14.9. The van der Waals surface area contributed by atoms with Gasteiger partial charge in [0.15, 0.2) is 0 Å². The molecule has 0 aromatic heterocycles. The number of ether oxygens (including phenoxy) is 1. The molecule has 0 saturated heterocycles. The van der Waals surface area contributed by atoms with Gasteiger partial charge in [-0.1, -0.05) is 6.58 Å². The van der Waals surface area contributed by atoms with Gasteiger partial charge in [0.25, 0.3) is 0 Å². The standard InChI is InChI=1S/C3H7NO2.C3H4O2.CH4N2O.CHN/c1-2-6-3(4)5;1-2-3(4)5;2-1(3)4;1-2/h2H2,1H3,(H2,4,5);2H,1H2,(H,4,5);(H4,2,3,4);1H. The summed E-state index contributed by atoms with van der Waals surface area (Å²) in [6.07, 6.45) is 0.123. The fraction of sp³-hybridized carbons (Fsp3) is 0.250. The van der Waals surface area contributed by atoms with Gasteiger partial charge in [-0.25, -0.2) is 19.6 Å². The van der Waals surface area contributed by atoms with E-state index in [1.165, 1.54) is 0 Å². The second-order valence-electron chi connectivity index (χ2n) is 1.70. The number of hydrogen-bond acceptors (Lipinski definition) is 5. The Balaban J connectivity index is -0.0000000705. The zero-order valence-corrected chi connectivity index (χ0v) is 9.33. The van der Waals surface area contributed by atoms with Crippen LogP contribution in [0.15, 0.2) is 12.7 Å². The van der Waals surface area contributed by atoms with E-state index in [1.54, 1.807) is 6.92 Å². The summed E-state index contributed by atoms with van der Waals surface area (Å²) >= 11 is 0. The van der Waals surface area contributed by atoms with Crippen molar-refractivity contribution in [1.29, 1.82) is 5.26 Å². The Bertz CT molecular complexity index is 248. The van der Waals surface area contributed by atoms with E-state index in [1.807, 2.05) is 0 Å². The number of carboxylic acid groups (broad SMARTS) is 1. The molecule has 3 amide bonds. The van der Waals surface area contributed by atoms with Gasteiger partial charge in [-0.05, 0) is 6.92 Å². The van der Waals surface area contributed by atoms with Gasteiger partial charge in [0.2, 0.25) is 0 Å². The number of nitrogens with two attached hydrogens (primary N) is 3. The SMILES string of the molecule is C#N.C=CC(=O)O.CCOC(N)=O.NC(N)=O. The van der Waals surface area contributed by atoms with E-state index < -0.39 is 18.1 Å². The van der Waals surface area contributed by atoms with Crippen LogP contribution >= 0.6 is 0 Å². The van der Waals surface area contributed by atoms with Crippen LogP contribution in [0.25, 0.3) is 0 Å². The van der Waals surface area contributed by atoms with Crippen LogP contribution in [0, 0.1) is 11.8 Å². The van der Waals surface area contributed by atoms with Gasteiger partial charge >= 0.3 is 18.1 Å². The number of rotatable bonds is 2. The number of carboxylic acids is 1. The lowest BCUT2D eigenvalue weighted by Crippen LogP contribution is -2.18. The zero-order valence-electron chi connectivity index (χ0n) is 9.33. The van der Waals surface area contributed by atoms with Crippen molar-refractivity contribution in [1.82, 2.24) is 0 Å². The largest absolute Gasteiger partial charge is 0.478 e. The van der Waals surface area contributed by atoms with Crippen LogP contribution < -0.4 is 17.2 Å². The molecule has 0 unspecified atom stereocenters. The number of nitriles is 1. The molecule has 0 heterocycles. The summed E-state index contributed by atoms with van der Waals surface area (Å²) in [5.41, 5.74) is 13.0. The molecule has 0 aromatic rings. The quantitative estimate of drug-likeness (QED) is 0.478. The van der Waals surface area contributed by atoms with Gasteiger partial charge in [-0.2, -0.15) is 0 Å². The summed E-state index contributed by atoms with van der Waals surface area (Å²) in [6.45, 7) is 8.52. The van der Waals surface area contributed by atoms with Gasteiger partial charge in [0.05, 0.1) is 6.61 Å². The van der Waals surface area contributed by atoms with Crippen LogP contribution in [-0.4, -0.2) is 29.8 Å². The van der Waals surface area contributed by atoms with Crippen molar-refractivity contribution in [3.8, 4) is 6.57 Å². The van der Waals surface area contributed by atoms with Crippen LogP contribution in [-0.2, 0) is 9.53 Å². The van der Waals surface area contributed by atoms with E-state index in [0.29, 0.717) is 6.61 Å². The highest BCUT2D eigenvalue weighted by molar-refractivity contribution is 5.78. The Hall–Kier alpha value is -2.76. The first-order valence-corrected chi connectivity index (χ1v) is 3.86. The fourth-order valence-electron chi connectivity index (χ4n) is 0.142. The van der Waals surface area contributed by atoms with E-state index in [2.05, 4.69) is 35.1 Å². The molecule has 0 radical (unpaired) electrons. The minimum Gasteiger partial charge on any atom is -0.478 e. The Kier molecular flexibility index (Phi) is 32.5. The molecule has 0 aromatic carbocycles. The summed E-state index contributed by atoms with van der Waals surface area (Å²) in [5, 5.41) is 14.1. The molecule has 7 N–H and O–H groups in total. The minimum atomic E-state index is -0.981. The normalized spacial score (nSPS) is 6.06. The van der Waals surface area contributed by atoms with Crippen molar-refractivity contribution in [2.75, 3.05) is 6.61 Å². The first-order valence-electron chi connectivity index (χ1n) is 3.86. The highest BCUT2D eigenvalue weighted by Crippen LogP contribution is 1.66. The molecule has 0 atom stereocenters. The molecule has 0 aliphatic carbocycles. The third-order valence-electron chi connectivity index (χ3n) is 0.461. The lowest BCUT2D eigenvalue weighted by atomic mass is 10.7. The number of nitrogens with zero attached hydrogens (tertiary/aromatic N) is 1. The van der Waals surface area contributed by atoms with Crippen molar-refractivity contribution >= 4 is 18.1 Å². The third kappa shape index (κ3) is 333. The number of carbonyl (C=O) groups excluding carboxylic acids is 2. The predicted octanol–water partition coefficient (Wildman–Crippen LogP) is -0.478. The summed E-state index contributed by atoms with van der Waals surface area (Å²) < 4.78 is 4.18. The van der Waals surface area contributed by atoms with Crippen LogP contribution in [0.1, 0.15) is 6.92 Å². The highest BCUT2D eigenvalue weighted by Gasteiger charge is 1.82. The lowest BCUT2D eigenvalue weighted by molar-refractivity contribution is -0.131. The molecule has 0 saturated carbocycles. The van der Waals surface area contributed by atoms with E-state index in [4.69, 9.17) is 15.2 Å². The van der Waals surface area contributed by atoms with E-state index >= 15 is 0 Å². The Labute approximate surface area is 98.4 Å². The first kappa shape index (κ1) is 23.8. The maximum Gasteiger partial charge on any atom is 0.404 e. The minimum absolute atomic E-state index is 0.356. The monoisotopic (exact) mass is 248 g/mol. The third-order valence-corrected chi connectivity index (χ3v) is 0.461. The molecule has 0 rings (SSSR count). The lowest BCUT2D eigenvalue weighted by Gasteiger charge is -1.89. The molecule has 98 valence electrons. The second-order valence-corrected chi connectivity index (χ2v) is 1.70. The number of urea groups is 1. The number of hydrogen-bond donors (Lipinski definition) is 4. The summed E-state index contributed by atoms with van der Waals surface area (Å²) in [4.78, 5) is 27.8. The van der Waals surface area contributed by atoms with E-state index in [-0.39, 0.29) is 0 Å². The number of primary amides is 3. The van der Waals surface area contributed by atoms with Crippen molar-refractivity contribution in [3.05, 3.63) is 12.7 Å². The predicted molar refractivity (Wildman–Crippen MR) is 59.5 cm³/mol. The summed E-state index contributed by atoms with van der Waals surface area (Å²) in [7, 11) is 0. The Morgan fingerprint density at radius 3 is 1.59 bits per heavy atom. The number of carbonyl (C=O) groups is 3. The van der Waals surface area contributed by atoms with Gasteiger partial charge in [0.1, 0.15) is 0 Å². The van der Waals surface area contributed by atoms with E-state index in [9.17, 15) is 9.59 Å². The molecule has 9 nitrogen and oxygen atoms in total. The number of aliphatic carboxylic acids is 1. The number of amides is 3. The van der Waals surface area contributed by atoms with Gasteiger partial charge in [-0.3, -0.25) is 0 Å². The van der Waals surface area contributed by atoms with Crippen LogP contribution in [0.4, 0.5) is 9.59 Å². The molecule has 0 bridgehead atoms. The van der Waals surface area contributed by atoms with Gasteiger partial charge in [-0.15, -0.1) is 0 Å². The second kappa shape index (κ2) is 23.2. The van der Waals surface area contributed by atoms with Crippen molar-refractivity contribution in [2.45, 2.75) is 6.92 Å². The molecule has 17 heavy (non-hydrogen) atoms. The maximum absolute atomic E-state index is 9.60. The average molecular weight is 248 g/mol. The first-order chi connectivity index (χ1) is 7.77. The Morgan fingerprint density at radius 1 is 1.35 bits per heavy atom. The Morgan fingerprint density at radius 2 is 1.59 bits per heavy atom. The molecule has 9 heteroatoms. The van der Waals surface area contributed by atoms with Gasteiger partial charge in [0, 0.05) is 12.6 Å². The fourth-order valence-corrected chi connectivity index (χ4v) is 0.142. The summed E-state index contributed by atoms with van der Waals surface area (Å²) in [6, 6.07) is -0.833. The van der Waals surface area contributed by atoms with Crippen LogP contribution in [0.2, 0.25) is 0 Å². The van der Waals surface area contributed by atoms with Crippen LogP contribution in [0.3, 0.4) is 0 Å². The maximum atomic E-state index is 9.60. The molecular weight excluding hydrogens is 232 g/mol.